The molecule has 24 heavy (non-hydrogen) atoms. The highest BCUT2D eigenvalue weighted by Gasteiger charge is 2.12. The van der Waals surface area contributed by atoms with Gasteiger partial charge in [-0.1, -0.05) is 24.3 Å². The third-order valence-corrected chi connectivity index (χ3v) is 3.86. The van der Waals surface area contributed by atoms with Gasteiger partial charge in [0.05, 0.1) is 5.56 Å². The lowest BCUT2D eigenvalue weighted by Crippen LogP contribution is -2.08. The Morgan fingerprint density at radius 1 is 0.875 bits per heavy atom. The predicted octanol–water partition coefficient (Wildman–Crippen LogP) is 3.63. The van der Waals surface area contributed by atoms with Crippen molar-refractivity contribution < 1.29 is 8.78 Å². The molecule has 0 atom stereocenters. The zero-order valence-electron chi connectivity index (χ0n) is 12.3. The Kier molecular flexibility index (Phi) is 3.23. The van der Waals surface area contributed by atoms with Gasteiger partial charge < -0.3 is 0 Å². The second kappa shape index (κ2) is 5.42. The van der Waals surface area contributed by atoms with Crippen LogP contribution in [-0.2, 0) is 0 Å². The van der Waals surface area contributed by atoms with Crippen molar-refractivity contribution in [3.05, 3.63) is 82.9 Å². The van der Waals surface area contributed by atoms with E-state index in [1.54, 1.807) is 36.5 Å². The Bertz CT molecular complexity index is 1090. The van der Waals surface area contributed by atoms with Crippen LogP contribution >= 0.6 is 0 Å². The second-order valence-electron chi connectivity index (χ2n) is 5.35. The summed E-state index contributed by atoms with van der Waals surface area (Å²) in [5.41, 5.74) is 2.00. The van der Waals surface area contributed by atoms with Gasteiger partial charge in [0.1, 0.15) is 11.6 Å². The van der Waals surface area contributed by atoms with Gasteiger partial charge in [0.25, 0.3) is 0 Å². The van der Waals surface area contributed by atoms with Crippen molar-refractivity contribution >= 4 is 5.65 Å². The molecule has 0 aliphatic carbocycles. The number of fused-ring (bicyclic) bond motifs is 1. The molecule has 0 amide bonds. The monoisotopic (exact) mass is 323 g/mol. The molecule has 4 rings (SSSR count). The summed E-state index contributed by atoms with van der Waals surface area (Å²) in [6.45, 7) is 0. The molecule has 2 aromatic heterocycles. The van der Waals surface area contributed by atoms with Gasteiger partial charge in [-0.2, -0.15) is 5.10 Å². The van der Waals surface area contributed by atoms with Crippen molar-refractivity contribution in [2.24, 2.45) is 0 Å². The van der Waals surface area contributed by atoms with E-state index in [4.69, 9.17) is 0 Å². The van der Waals surface area contributed by atoms with Crippen LogP contribution in [0.15, 0.2) is 65.6 Å². The maximum atomic E-state index is 14.0. The lowest BCUT2D eigenvalue weighted by atomic mass is 9.99. The Hall–Kier alpha value is -3.28. The van der Waals surface area contributed by atoms with Crippen molar-refractivity contribution in [2.75, 3.05) is 0 Å². The Labute approximate surface area is 135 Å². The molecule has 0 unspecified atom stereocenters. The van der Waals surface area contributed by atoms with Gasteiger partial charge in [-0.3, -0.25) is 0 Å². The molecule has 0 aliphatic heterocycles. The van der Waals surface area contributed by atoms with E-state index >= 15 is 0 Å². The first-order valence-corrected chi connectivity index (χ1v) is 7.25. The maximum absolute atomic E-state index is 14.0. The van der Waals surface area contributed by atoms with Crippen LogP contribution in [0.3, 0.4) is 0 Å². The summed E-state index contributed by atoms with van der Waals surface area (Å²) in [6, 6.07) is 14.1. The highest BCUT2D eigenvalue weighted by Crippen LogP contribution is 2.29. The Morgan fingerprint density at radius 3 is 2.38 bits per heavy atom. The number of H-pyrrole nitrogens is 1. The van der Waals surface area contributed by atoms with Crippen molar-refractivity contribution in [1.29, 1.82) is 0 Å². The number of halogens is 2. The van der Waals surface area contributed by atoms with Crippen LogP contribution in [0.5, 0.6) is 0 Å². The molecule has 4 nitrogen and oxygen atoms in total. The first kappa shape index (κ1) is 14.3. The summed E-state index contributed by atoms with van der Waals surface area (Å²) >= 11 is 0. The largest absolute Gasteiger partial charge is 0.347 e. The van der Waals surface area contributed by atoms with E-state index in [0.29, 0.717) is 11.2 Å². The molecule has 0 fully saturated rings. The summed E-state index contributed by atoms with van der Waals surface area (Å²) in [5, 5.41) is 6.23. The fourth-order valence-corrected chi connectivity index (χ4v) is 2.70. The molecule has 0 aliphatic rings. The molecule has 1 N–H and O–H groups in total. The van der Waals surface area contributed by atoms with Gasteiger partial charge in [-0.15, -0.1) is 0 Å². The van der Waals surface area contributed by atoms with E-state index < -0.39 is 11.6 Å². The van der Waals surface area contributed by atoms with E-state index in [0.717, 1.165) is 11.1 Å². The first-order valence-electron chi connectivity index (χ1n) is 7.25. The molecule has 0 spiro atoms. The summed E-state index contributed by atoms with van der Waals surface area (Å²) < 4.78 is 29.4. The number of hydrogen-bond donors (Lipinski definition) is 1. The van der Waals surface area contributed by atoms with Crippen molar-refractivity contribution in [1.82, 2.24) is 14.6 Å². The third-order valence-electron chi connectivity index (χ3n) is 3.86. The van der Waals surface area contributed by atoms with E-state index in [9.17, 15) is 13.6 Å². The van der Waals surface area contributed by atoms with Crippen LogP contribution in [0.2, 0.25) is 0 Å². The van der Waals surface area contributed by atoms with Crippen LogP contribution in [-0.4, -0.2) is 14.6 Å². The topological polar surface area (TPSA) is 50.2 Å². The highest BCUT2D eigenvalue weighted by molar-refractivity contribution is 5.73. The number of hydrogen-bond acceptors (Lipinski definition) is 2. The summed E-state index contributed by atoms with van der Waals surface area (Å²) in [4.78, 5) is 11.7. The number of rotatable bonds is 2. The number of aromatic amines is 1. The normalized spacial score (nSPS) is 11.1. The standard InChI is InChI=1S/C18H11F2N3O/c19-14-5-2-6-15(20)17(14)12-4-1-3-11(9-12)13-7-8-16-21-22-18(24)23(16)10-13/h1-10H,(H,22,24). The van der Waals surface area contributed by atoms with Crippen LogP contribution < -0.4 is 5.69 Å². The number of nitrogens with zero attached hydrogens (tertiary/aromatic N) is 2. The zero-order valence-corrected chi connectivity index (χ0v) is 12.3. The quantitative estimate of drug-likeness (QED) is 0.612. The predicted molar refractivity (Wildman–Crippen MR) is 86.6 cm³/mol. The molecular weight excluding hydrogens is 312 g/mol. The van der Waals surface area contributed by atoms with Crippen LogP contribution in [0.1, 0.15) is 0 Å². The van der Waals surface area contributed by atoms with Crippen LogP contribution in [0.4, 0.5) is 8.78 Å². The minimum absolute atomic E-state index is 0.0686. The highest BCUT2D eigenvalue weighted by atomic mass is 19.1. The van der Waals surface area contributed by atoms with Gasteiger partial charge in [-0.05, 0) is 47.0 Å². The first-order chi connectivity index (χ1) is 11.6. The molecule has 0 saturated heterocycles. The molecule has 4 aromatic rings. The minimum Gasteiger partial charge on any atom is -0.250 e. The van der Waals surface area contributed by atoms with Crippen LogP contribution in [0.25, 0.3) is 27.9 Å². The van der Waals surface area contributed by atoms with Crippen LogP contribution in [0, 0.1) is 11.6 Å². The molecule has 118 valence electrons. The molecule has 0 radical (unpaired) electrons. The van der Waals surface area contributed by atoms with E-state index in [2.05, 4.69) is 10.2 Å². The molecule has 6 heteroatoms. The van der Waals surface area contributed by atoms with Gasteiger partial charge in [-0.25, -0.2) is 23.1 Å². The number of benzene rings is 2. The summed E-state index contributed by atoms with van der Waals surface area (Å²) in [6.07, 6.45) is 1.64. The van der Waals surface area contributed by atoms with E-state index in [1.807, 2.05) is 6.07 Å². The second-order valence-corrected chi connectivity index (χ2v) is 5.35. The number of nitrogens with one attached hydrogen (secondary N) is 1. The van der Waals surface area contributed by atoms with E-state index in [-0.39, 0.29) is 11.3 Å². The smallest absolute Gasteiger partial charge is 0.250 e. The Morgan fingerprint density at radius 2 is 1.58 bits per heavy atom. The van der Waals surface area contributed by atoms with Gasteiger partial charge in [0.2, 0.25) is 0 Å². The molecule has 2 aromatic carbocycles. The average molecular weight is 323 g/mol. The van der Waals surface area contributed by atoms with Crippen molar-refractivity contribution in [3.63, 3.8) is 0 Å². The van der Waals surface area contributed by atoms with Crippen molar-refractivity contribution in [3.8, 4) is 22.3 Å². The SMILES string of the molecule is O=c1[nH]nc2ccc(-c3cccc(-c4c(F)cccc4F)c3)cn12. The fraction of sp³-hybridized carbons (Fsp3) is 0. The Balaban J connectivity index is 1.87. The lowest BCUT2D eigenvalue weighted by molar-refractivity contribution is 0.589. The minimum atomic E-state index is -0.617. The molecular formula is C18H11F2N3O. The lowest BCUT2D eigenvalue weighted by Gasteiger charge is -2.08. The van der Waals surface area contributed by atoms with Gasteiger partial charge in [0, 0.05) is 6.20 Å². The van der Waals surface area contributed by atoms with Gasteiger partial charge >= 0.3 is 5.69 Å². The maximum Gasteiger partial charge on any atom is 0.347 e. The molecule has 0 bridgehead atoms. The van der Waals surface area contributed by atoms with Gasteiger partial charge in [0.15, 0.2) is 5.65 Å². The average Bonchev–Trinajstić information content (AvgIpc) is 2.96. The number of aromatic nitrogens is 3. The fourth-order valence-electron chi connectivity index (χ4n) is 2.70. The summed E-state index contributed by atoms with van der Waals surface area (Å²) in [7, 11) is 0. The van der Waals surface area contributed by atoms with Crippen molar-refractivity contribution in [2.45, 2.75) is 0 Å². The summed E-state index contributed by atoms with van der Waals surface area (Å²) in [5.74, 6) is -1.23. The third kappa shape index (κ3) is 2.28. The zero-order chi connectivity index (χ0) is 16.7. The molecule has 2 heterocycles. The molecule has 0 saturated carbocycles. The number of pyridine rings is 1. The van der Waals surface area contributed by atoms with E-state index in [1.165, 1.54) is 22.6 Å².